The van der Waals surface area contributed by atoms with Gasteiger partial charge in [0.25, 0.3) is 0 Å². The predicted octanol–water partition coefficient (Wildman–Crippen LogP) is 18.0. The van der Waals surface area contributed by atoms with Crippen LogP contribution in [-0.2, 0) is 21.1 Å². The molecule has 0 fully saturated rings. The molecule has 0 bridgehead atoms. The highest BCUT2D eigenvalue weighted by Gasteiger charge is 2.21. The van der Waals surface area contributed by atoms with Gasteiger partial charge < -0.3 is 13.3 Å². The first kappa shape index (κ1) is 44.7. The zero-order valence-corrected chi connectivity index (χ0v) is 45.7. The second-order valence-corrected chi connectivity index (χ2v) is 21.2. The molecule has 0 saturated carbocycles. The summed E-state index contributed by atoms with van der Waals surface area (Å²) in [5.74, 6) is -1.70. The van der Waals surface area contributed by atoms with Crippen molar-refractivity contribution in [2.75, 3.05) is 0 Å². The fraction of sp³-hybridized carbons (Fsp3) is 0.137. The van der Waals surface area contributed by atoms with Crippen LogP contribution in [0.1, 0.15) is 53.0 Å². The minimum atomic E-state index is -2.43. The molecule has 1 unspecified atom stereocenters. The molecule has 0 aliphatic rings. The third-order valence-electron chi connectivity index (χ3n) is 15.9. The first-order valence-electron chi connectivity index (χ1n) is 28.9. The van der Waals surface area contributed by atoms with Crippen molar-refractivity contribution in [1.29, 1.82) is 0 Å². The van der Waals surface area contributed by atoms with Gasteiger partial charge in [-0.05, 0) is 138 Å². The molecule has 0 saturated heterocycles. The molecule has 0 aliphatic heterocycles. The van der Waals surface area contributed by atoms with E-state index in [1.165, 1.54) is 89.2 Å². The summed E-state index contributed by atoms with van der Waals surface area (Å²) >= 11 is 0. The third-order valence-corrected chi connectivity index (χ3v) is 15.9. The van der Waals surface area contributed by atoms with Crippen molar-refractivity contribution in [3.05, 3.63) is 234 Å². The second kappa shape index (κ2) is 19.6. The summed E-state index contributed by atoms with van der Waals surface area (Å²) in [4.78, 5) is 0. The Morgan fingerprint density at radius 2 is 0.759 bits per heavy atom. The lowest BCUT2D eigenvalue weighted by atomic mass is 9.97. The van der Waals surface area contributed by atoms with E-state index in [4.69, 9.17) is 18.7 Å². The van der Waals surface area contributed by atoms with Crippen LogP contribution in [0.3, 0.4) is 0 Å². The van der Waals surface area contributed by atoms with Gasteiger partial charge in [-0.1, -0.05) is 105 Å². The highest BCUT2D eigenvalue weighted by molar-refractivity contribution is 6.18. The van der Waals surface area contributed by atoms with Gasteiger partial charge in [-0.25, -0.2) is 13.7 Å². The molecular formula is C73H62N3O3+3. The summed E-state index contributed by atoms with van der Waals surface area (Å²) < 4.78 is 57.2. The predicted molar refractivity (Wildman–Crippen MR) is 327 cm³/mol. The molecule has 0 radical (unpaired) electrons. The van der Waals surface area contributed by atoms with Crippen molar-refractivity contribution >= 4 is 98.1 Å². The number of nitrogens with zero attached hydrogens (tertiary/aromatic N) is 3. The number of hydrogen-bond donors (Lipinski definition) is 0. The van der Waals surface area contributed by atoms with E-state index in [-0.39, 0.29) is 0 Å². The van der Waals surface area contributed by atoms with E-state index in [0.717, 1.165) is 71.9 Å². The molecule has 15 aromatic rings. The van der Waals surface area contributed by atoms with E-state index in [2.05, 4.69) is 208 Å². The number of aryl methyl sites for hydroxylation is 7. The van der Waals surface area contributed by atoms with Gasteiger partial charge in [0, 0.05) is 90.4 Å². The van der Waals surface area contributed by atoms with E-state index in [1.807, 2.05) is 55.1 Å². The Kier molecular flexibility index (Phi) is 11.1. The normalized spacial score (nSPS) is 13.4. The van der Waals surface area contributed by atoms with Crippen molar-refractivity contribution in [3.63, 3.8) is 0 Å². The van der Waals surface area contributed by atoms with Gasteiger partial charge >= 0.3 is 0 Å². The lowest BCUT2D eigenvalue weighted by Gasteiger charge is -2.09. The number of hydrogen-bond acceptors (Lipinski definition) is 3. The molecule has 0 amide bonds. The molecule has 0 spiro atoms. The first-order chi connectivity index (χ1) is 39.9. The van der Waals surface area contributed by atoms with Crippen LogP contribution < -0.4 is 13.7 Å². The van der Waals surface area contributed by atoms with E-state index in [0.29, 0.717) is 5.56 Å². The van der Waals surface area contributed by atoms with E-state index in [9.17, 15) is 0 Å². The fourth-order valence-corrected chi connectivity index (χ4v) is 11.6. The number of fused-ring (bicyclic) bond motifs is 15. The highest BCUT2D eigenvalue weighted by Crippen LogP contribution is 2.40. The fourth-order valence-electron chi connectivity index (χ4n) is 11.6. The third kappa shape index (κ3) is 8.65. The maximum Gasteiger partial charge on any atom is 0.212 e. The Labute approximate surface area is 465 Å². The molecule has 6 aromatic heterocycles. The lowest BCUT2D eigenvalue weighted by Crippen LogP contribution is -2.30. The van der Waals surface area contributed by atoms with Crippen LogP contribution in [0.15, 0.2) is 220 Å². The van der Waals surface area contributed by atoms with Crippen LogP contribution in [0.25, 0.3) is 132 Å². The molecule has 6 nitrogen and oxygen atoms in total. The van der Waals surface area contributed by atoms with Crippen LogP contribution in [0.2, 0.25) is 0 Å². The summed E-state index contributed by atoms with van der Waals surface area (Å²) in [7, 11) is 6.08. The van der Waals surface area contributed by atoms with Gasteiger partial charge in [-0.15, -0.1) is 0 Å². The quantitative estimate of drug-likeness (QED) is 0.165. The number of furan rings is 3. The molecule has 6 heterocycles. The van der Waals surface area contributed by atoms with Gasteiger partial charge in [0.1, 0.15) is 54.6 Å². The van der Waals surface area contributed by atoms with Crippen molar-refractivity contribution in [2.45, 2.75) is 47.4 Å². The maximum atomic E-state index is 8.49. The van der Waals surface area contributed by atoms with Gasteiger partial charge in [0.2, 0.25) is 17.1 Å². The molecule has 9 aromatic carbocycles. The molecule has 15 rings (SSSR count). The second-order valence-electron chi connectivity index (χ2n) is 21.2. The van der Waals surface area contributed by atoms with Crippen molar-refractivity contribution in [3.8, 4) is 33.8 Å². The van der Waals surface area contributed by atoms with Crippen LogP contribution in [0, 0.1) is 27.7 Å². The van der Waals surface area contributed by atoms with Gasteiger partial charge in [0.15, 0.2) is 18.6 Å². The number of benzene rings is 9. The number of pyridine rings is 3. The van der Waals surface area contributed by atoms with Crippen LogP contribution in [0.5, 0.6) is 0 Å². The van der Waals surface area contributed by atoms with Gasteiger partial charge in [0.05, 0.1) is 16.7 Å². The molecule has 0 N–H and O–H groups in total. The number of rotatable bonds is 4. The standard InChI is InChI=1S/C26H24NO.C24H20NO.C23H18NO/c1-16(2)19-11-12-27(4)24(14-19)22-15-25-23(13-17(22)3)21-10-9-18-7-5-6-8-20(18)26(21)28-25;1-15-10-11-25(3)22(12-15)20-14-23-21(13-16(20)2)19-9-8-17-6-4-5-7-18(17)24(19)26-23;1-15-13-20-18-11-10-16-7-3-4-8-17(16)23(18)25-22(20)14-19(15)21-9-5-6-12-24(21)2/h5-16H,1-4H3;4-14H,1-3H3;3-14H,1-2H3/q3*+1/i1D3,16D;;. The van der Waals surface area contributed by atoms with Crippen molar-refractivity contribution in [2.24, 2.45) is 21.1 Å². The average Bonchev–Trinajstić information content (AvgIpc) is 3.79. The Balaban J connectivity index is 0.000000118. The highest BCUT2D eigenvalue weighted by atomic mass is 16.3. The minimum absolute atomic E-state index is 0.459. The molecule has 79 heavy (non-hydrogen) atoms. The summed E-state index contributed by atoms with van der Waals surface area (Å²) in [5, 5.41) is 13.8. The van der Waals surface area contributed by atoms with Gasteiger partial charge in [-0.3, -0.25) is 0 Å². The van der Waals surface area contributed by atoms with Gasteiger partial charge in [-0.2, -0.15) is 0 Å². The summed E-state index contributed by atoms with van der Waals surface area (Å²) in [6.45, 7) is 7.54. The van der Waals surface area contributed by atoms with Crippen molar-refractivity contribution in [1.82, 2.24) is 0 Å². The average molecular weight is 1030 g/mol. The van der Waals surface area contributed by atoms with E-state index in [1.54, 1.807) is 6.07 Å². The van der Waals surface area contributed by atoms with E-state index >= 15 is 0 Å². The van der Waals surface area contributed by atoms with Crippen molar-refractivity contribution < 1.29 is 32.4 Å². The Hall–Kier alpha value is -9.39. The first-order valence-corrected chi connectivity index (χ1v) is 26.9. The molecule has 1 atom stereocenters. The molecular weight excluding hydrogens is 967 g/mol. The molecule has 384 valence electrons. The topological polar surface area (TPSA) is 51.1 Å². The molecule has 6 heteroatoms. The summed E-state index contributed by atoms with van der Waals surface area (Å²) in [6, 6.07) is 65.0. The zero-order chi connectivity index (χ0) is 57.6. The smallest absolute Gasteiger partial charge is 0.212 e. The zero-order valence-electron chi connectivity index (χ0n) is 49.7. The monoisotopic (exact) mass is 1030 g/mol. The van der Waals surface area contributed by atoms with Crippen LogP contribution in [-0.4, -0.2) is 0 Å². The maximum absolute atomic E-state index is 8.49. The summed E-state index contributed by atoms with van der Waals surface area (Å²) in [6.07, 6.45) is 6.00. The Morgan fingerprint density at radius 3 is 1.20 bits per heavy atom. The largest absolute Gasteiger partial charge is 0.455 e. The Morgan fingerprint density at radius 1 is 0.367 bits per heavy atom. The molecule has 0 aliphatic carbocycles. The van der Waals surface area contributed by atoms with Crippen LogP contribution >= 0.6 is 0 Å². The van der Waals surface area contributed by atoms with E-state index < -0.39 is 12.7 Å². The number of aromatic nitrogens is 3. The van der Waals surface area contributed by atoms with Crippen LogP contribution in [0.4, 0.5) is 0 Å². The SMILES string of the molecule is Cc1cc2c(cc1-c1cccc[n+]1C)oc1c3ccccc3ccc21.Cc1cc[n+](C)c(-c2cc3oc4c5ccccc5ccc4c3cc2C)c1.[2H]C([2H])([2H])C([2H])(C)c1cc[n+](C)c(-c2cc3oc4c5ccccc5ccc4c3cc2C)c1. The summed E-state index contributed by atoms with van der Waals surface area (Å²) in [5.41, 5.74) is 17.4. The lowest BCUT2D eigenvalue weighted by molar-refractivity contribution is -0.660. The Bertz CT molecular complexity index is 5100. The minimum Gasteiger partial charge on any atom is -0.455 e.